The second-order valence-corrected chi connectivity index (χ2v) is 6.12. The van der Waals surface area contributed by atoms with Gasteiger partial charge in [0.1, 0.15) is 18.9 Å². The molecule has 3 aromatic rings. The number of aliphatic carboxylic acids is 2. The van der Waals surface area contributed by atoms with Crippen molar-refractivity contribution in [1.29, 1.82) is 0 Å². The van der Waals surface area contributed by atoms with Gasteiger partial charge < -0.3 is 19.5 Å². The molecule has 0 unspecified atom stereocenters. The van der Waals surface area contributed by atoms with Crippen LogP contribution < -0.4 is 4.74 Å². The van der Waals surface area contributed by atoms with Crippen molar-refractivity contribution < 1.29 is 24.5 Å². The quantitative estimate of drug-likeness (QED) is 0.458. The smallest absolute Gasteiger partial charge is 0.328 e. The molecule has 6 nitrogen and oxygen atoms in total. The fourth-order valence-corrected chi connectivity index (χ4v) is 2.84. The van der Waals surface area contributed by atoms with Crippen LogP contribution in [0.5, 0.6) is 5.75 Å². The predicted molar refractivity (Wildman–Crippen MR) is 106 cm³/mol. The Labute approximate surface area is 161 Å². The van der Waals surface area contributed by atoms with E-state index in [0.717, 1.165) is 28.1 Å². The normalized spacial score (nSPS) is 11.4. The molecule has 0 saturated carbocycles. The molecule has 142 valence electrons. The molecule has 0 spiro atoms. The third kappa shape index (κ3) is 4.88. The zero-order valence-corrected chi connectivity index (χ0v) is 15.0. The largest absolute Gasteiger partial charge is 0.489 e. The van der Waals surface area contributed by atoms with Crippen molar-refractivity contribution in [1.82, 2.24) is 4.57 Å². The molecule has 0 saturated heterocycles. The van der Waals surface area contributed by atoms with E-state index < -0.39 is 11.9 Å². The summed E-state index contributed by atoms with van der Waals surface area (Å²) < 4.78 is 7.50. The minimum atomic E-state index is -1.03. The molecule has 6 heteroatoms. The van der Waals surface area contributed by atoms with Crippen LogP contribution in [0.1, 0.15) is 11.1 Å². The summed E-state index contributed by atoms with van der Waals surface area (Å²) >= 11 is 0. The Balaban J connectivity index is 1.90. The van der Waals surface area contributed by atoms with Gasteiger partial charge in [-0.2, -0.15) is 0 Å². The Morgan fingerprint density at radius 2 is 1.82 bits per heavy atom. The van der Waals surface area contributed by atoms with Crippen LogP contribution in [-0.4, -0.2) is 26.7 Å². The molecule has 0 aliphatic rings. The van der Waals surface area contributed by atoms with Crippen LogP contribution in [0, 0.1) is 0 Å². The molecule has 0 atom stereocenters. The van der Waals surface area contributed by atoms with Gasteiger partial charge in [0, 0.05) is 28.7 Å². The number of carboxylic acid groups (broad SMARTS) is 2. The molecular formula is C22H19NO5. The second-order valence-electron chi connectivity index (χ2n) is 6.12. The van der Waals surface area contributed by atoms with Crippen molar-refractivity contribution in [3.63, 3.8) is 0 Å². The van der Waals surface area contributed by atoms with E-state index in [1.165, 1.54) is 6.08 Å². The Hall–Kier alpha value is -3.80. The van der Waals surface area contributed by atoms with Crippen molar-refractivity contribution in [2.24, 2.45) is 0 Å². The average molecular weight is 377 g/mol. The van der Waals surface area contributed by atoms with Gasteiger partial charge in [0.25, 0.3) is 0 Å². The SMILES string of the molecule is O=C(O)/C=C/C=C/c1cn(CC(=O)O)c2ccc(OCc3ccccc3)cc12. The molecule has 1 heterocycles. The lowest BCUT2D eigenvalue weighted by atomic mass is 10.1. The van der Waals surface area contributed by atoms with Crippen LogP contribution in [0.15, 0.2) is 73.0 Å². The van der Waals surface area contributed by atoms with E-state index in [9.17, 15) is 9.59 Å². The number of carbonyl (C=O) groups is 2. The van der Waals surface area contributed by atoms with Crippen LogP contribution in [0.25, 0.3) is 17.0 Å². The molecule has 2 aromatic carbocycles. The Kier molecular flexibility index (Phi) is 5.91. The zero-order valence-electron chi connectivity index (χ0n) is 15.0. The lowest BCUT2D eigenvalue weighted by molar-refractivity contribution is -0.137. The number of rotatable bonds is 8. The van der Waals surface area contributed by atoms with Crippen LogP contribution in [0.3, 0.4) is 0 Å². The third-order valence-electron chi connectivity index (χ3n) is 4.06. The fraction of sp³-hybridized carbons (Fsp3) is 0.0909. The summed E-state index contributed by atoms with van der Waals surface area (Å²) in [5.74, 6) is -1.31. The summed E-state index contributed by atoms with van der Waals surface area (Å²) in [6.45, 7) is 0.258. The van der Waals surface area contributed by atoms with E-state index >= 15 is 0 Å². The highest BCUT2D eigenvalue weighted by molar-refractivity contribution is 5.91. The average Bonchev–Trinajstić information content (AvgIpc) is 3.00. The molecule has 3 rings (SSSR count). The highest BCUT2D eigenvalue weighted by Gasteiger charge is 2.10. The first-order valence-corrected chi connectivity index (χ1v) is 8.62. The molecule has 0 aliphatic carbocycles. The van der Waals surface area contributed by atoms with Gasteiger partial charge in [-0.25, -0.2) is 4.79 Å². The van der Waals surface area contributed by atoms with Gasteiger partial charge in [-0.1, -0.05) is 48.6 Å². The number of hydrogen-bond acceptors (Lipinski definition) is 3. The van der Waals surface area contributed by atoms with Crippen LogP contribution in [0.4, 0.5) is 0 Å². The number of ether oxygens (including phenoxy) is 1. The van der Waals surface area contributed by atoms with Crippen LogP contribution >= 0.6 is 0 Å². The first kappa shape index (κ1) is 19.0. The number of benzene rings is 2. The molecule has 2 N–H and O–H groups in total. The summed E-state index contributed by atoms with van der Waals surface area (Å²) in [5.41, 5.74) is 2.58. The molecule has 0 radical (unpaired) electrons. The predicted octanol–water partition coefficient (Wildman–Crippen LogP) is 3.96. The summed E-state index contributed by atoms with van der Waals surface area (Å²) in [6.07, 6.45) is 7.51. The van der Waals surface area contributed by atoms with Gasteiger partial charge in [-0.05, 0) is 23.8 Å². The topological polar surface area (TPSA) is 88.8 Å². The Morgan fingerprint density at radius 1 is 1.04 bits per heavy atom. The van der Waals surface area contributed by atoms with Crippen LogP contribution in [-0.2, 0) is 22.7 Å². The van der Waals surface area contributed by atoms with Crippen molar-refractivity contribution in [3.05, 3.63) is 84.1 Å². The van der Waals surface area contributed by atoms with Gasteiger partial charge >= 0.3 is 11.9 Å². The lowest BCUT2D eigenvalue weighted by Crippen LogP contribution is -2.07. The standard InChI is InChI=1S/C22H19NO5/c24-21(25)9-5-4-8-17-13-23(14-22(26)27)20-11-10-18(12-19(17)20)28-15-16-6-2-1-3-7-16/h1-13H,14-15H2,(H,24,25)(H,26,27)/b8-4+,9-5+. The van der Waals surface area contributed by atoms with E-state index in [0.29, 0.717) is 12.4 Å². The summed E-state index contributed by atoms with van der Waals surface area (Å²) in [4.78, 5) is 21.7. The minimum Gasteiger partial charge on any atom is -0.489 e. The van der Waals surface area contributed by atoms with E-state index in [-0.39, 0.29) is 6.54 Å². The molecular weight excluding hydrogens is 358 g/mol. The maximum absolute atomic E-state index is 11.1. The minimum absolute atomic E-state index is 0.167. The van der Waals surface area contributed by atoms with Crippen molar-refractivity contribution in [2.75, 3.05) is 0 Å². The highest BCUT2D eigenvalue weighted by atomic mass is 16.5. The van der Waals surface area contributed by atoms with Crippen molar-refractivity contribution in [2.45, 2.75) is 13.2 Å². The van der Waals surface area contributed by atoms with Gasteiger partial charge in [0.2, 0.25) is 0 Å². The van der Waals surface area contributed by atoms with Crippen molar-refractivity contribution in [3.8, 4) is 5.75 Å². The molecule has 0 fully saturated rings. The molecule has 0 aliphatic heterocycles. The molecule has 0 bridgehead atoms. The summed E-state index contributed by atoms with van der Waals surface area (Å²) in [6, 6.07) is 15.3. The van der Waals surface area contributed by atoms with E-state index in [4.69, 9.17) is 14.9 Å². The fourth-order valence-electron chi connectivity index (χ4n) is 2.84. The van der Waals surface area contributed by atoms with E-state index in [2.05, 4.69) is 0 Å². The number of aromatic nitrogens is 1. The maximum atomic E-state index is 11.1. The zero-order chi connectivity index (χ0) is 19.9. The number of hydrogen-bond donors (Lipinski definition) is 2. The number of fused-ring (bicyclic) bond motifs is 1. The first-order chi connectivity index (χ1) is 13.5. The monoisotopic (exact) mass is 377 g/mol. The lowest BCUT2D eigenvalue weighted by Gasteiger charge is -2.07. The van der Waals surface area contributed by atoms with Gasteiger partial charge in [-0.15, -0.1) is 0 Å². The number of allylic oxidation sites excluding steroid dienone is 2. The molecule has 1 aromatic heterocycles. The summed E-state index contributed by atoms with van der Waals surface area (Å²) in [5, 5.41) is 18.6. The van der Waals surface area contributed by atoms with E-state index in [1.54, 1.807) is 29.0 Å². The first-order valence-electron chi connectivity index (χ1n) is 8.62. The third-order valence-corrected chi connectivity index (χ3v) is 4.06. The van der Waals surface area contributed by atoms with Gasteiger partial charge in [0.15, 0.2) is 0 Å². The Bertz CT molecular complexity index is 1050. The van der Waals surface area contributed by atoms with Gasteiger partial charge in [0.05, 0.1) is 0 Å². The Morgan fingerprint density at radius 3 is 2.54 bits per heavy atom. The number of nitrogens with zero attached hydrogens (tertiary/aromatic N) is 1. The van der Waals surface area contributed by atoms with Crippen molar-refractivity contribution >= 4 is 28.9 Å². The van der Waals surface area contributed by atoms with E-state index in [1.807, 2.05) is 42.5 Å². The summed E-state index contributed by atoms with van der Waals surface area (Å²) in [7, 11) is 0. The second kappa shape index (κ2) is 8.73. The molecule has 0 amide bonds. The van der Waals surface area contributed by atoms with Crippen LogP contribution in [0.2, 0.25) is 0 Å². The molecule has 28 heavy (non-hydrogen) atoms. The highest BCUT2D eigenvalue weighted by Crippen LogP contribution is 2.27. The number of carboxylic acids is 2. The maximum Gasteiger partial charge on any atom is 0.328 e. The van der Waals surface area contributed by atoms with Gasteiger partial charge in [-0.3, -0.25) is 4.79 Å².